The maximum atomic E-state index is 8.98. The molecule has 0 amide bonds. The topological polar surface area (TPSA) is 40.5 Å². The molecule has 0 atom stereocenters. The van der Waals surface area contributed by atoms with Crippen molar-refractivity contribution >= 4 is 28.5 Å². The second-order valence-electron chi connectivity index (χ2n) is 3.43. The third-order valence-corrected chi connectivity index (χ3v) is 3.06. The fourth-order valence-electron chi connectivity index (χ4n) is 1.43. The van der Waals surface area contributed by atoms with Gasteiger partial charge in [0.25, 0.3) is 0 Å². The molecule has 0 unspecified atom stereocenters. The molecular weight excluding hydrogens is 231 g/mol. The van der Waals surface area contributed by atoms with Crippen molar-refractivity contribution in [2.24, 2.45) is 0 Å². The summed E-state index contributed by atoms with van der Waals surface area (Å²) in [6.45, 7) is 0. The van der Waals surface area contributed by atoms with Crippen LogP contribution in [0, 0.1) is 0 Å². The molecule has 0 radical (unpaired) electrons. The van der Waals surface area contributed by atoms with Crippen LogP contribution in [0.4, 0.5) is 0 Å². The maximum absolute atomic E-state index is 8.98. The Morgan fingerprint density at radius 3 is 2.54 bits per heavy atom. The summed E-state index contributed by atoms with van der Waals surface area (Å²) in [5.41, 5.74) is 1.77. The Bertz CT molecular complexity index is 323. The van der Waals surface area contributed by atoms with Crippen LogP contribution in [0.1, 0.15) is 24.3 Å². The lowest BCUT2D eigenvalue weighted by molar-refractivity contribution is 0.425. The second-order valence-corrected chi connectivity index (χ2v) is 4.28. The average molecular weight is 241 g/mol. The summed E-state index contributed by atoms with van der Waals surface area (Å²) >= 11 is 3.46. The molecule has 2 nitrogen and oxygen atoms in total. The lowest BCUT2D eigenvalue weighted by Gasteiger charge is -2.05. The van der Waals surface area contributed by atoms with E-state index in [2.05, 4.69) is 15.9 Å². The van der Waals surface area contributed by atoms with Crippen molar-refractivity contribution in [1.29, 1.82) is 0 Å². The summed E-state index contributed by atoms with van der Waals surface area (Å²) in [4.78, 5) is 0. The molecule has 0 aromatic heterocycles. The van der Waals surface area contributed by atoms with Crippen LogP contribution in [-0.4, -0.2) is 17.2 Å². The smallest absolute Gasteiger partial charge is 0.423 e. The quantitative estimate of drug-likeness (QED) is 0.758. The fourth-order valence-corrected chi connectivity index (χ4v) is 2.00. The van der Waals surface area contributed by atoms with Gasteiger partial charge in [-0.2, -0.15) is 0 Å². The third kappa shape index (κ3) is 1.95. The molecule has 0 saturated heterocycles. The third-order valence-electron chi connectivity index (χ3n) is 2.34. The van der Waals surface area contributed by atoms with Gasteiger partial charge in [0, 0.05) is 4.47 Å². The fraction of sp³-hybridized carbons (Fsp3) is 0.333. The Balaban J connectivity index is 2.36. The number of benzene rings is 1. The first-order valence-electron chi connectivity index (χ1n) is 4.34. The lowest BCUT2D eigenvalue weighted by atomic mass is 9.79. The largest absolute Gasteiger partial charge is 0.488 e. The Labute approximate surface area is 85.9 Å². The average Bonchev–Trinajstić information content (AvgIpc) is 2.87. The van der Waals surface area contributed by atoms with Gasteiger partial charge in [-0.1, -0.05) is 28.1 Å². The highest BCUT2D eigenvalue weighted by Crippen LogP contribution is 2.42. The molecule has 1 aliphatic rings. The van der Waals surface area contributed by atoms with Gasteiger partial charge in [0.2, 0.25) is 0 Å². The zero-order chi connectivity index (χ0) is 9.42. The molecule has 0 spiro atoms. The van der Waals surface area contributed by atoms with Crippen molar-refractivity contribution in [3.05, 3.63) is 28.2 Å². The molecule has 0 aliphatic heterocycles. The molecule has 1 aliphatic carbocycles. The van der Waals surface area contributed by atoms with Crippen molar-refractivity contribution in [2.45, 2.75) is 18.8 Å². The molecule has 1 fully saturated rings. The number of rotatable bonds is 2. The van der Waals surface area contributed by atoms with Crippen LogP contribution < -0.4 is 5.46 Å². The van der Waals surface area contributed by atoms with Crippen LogP contribution in [-0.2, 0) is 0 Å². The first-order chi connectivity index (χ1) is 6.18. The normalized spacial score (nSPS) is 15.9. The second kappa shape index (κ2) is 3.44. The van der Waals surface area contributed by atoms with Crippen LogP contribution in [0.15, 0.2) is 22.7 Å². The first-order valence-corrected chi connectivity index (χ1v) is 5.13. The molecule has 4 heteroatoms. The maximum Gasteiger partial charge on any atom is 0.488 e. The molecule has 68 valence electrons. The minimum Gasteiger partial charge on any atom is -0.423 e. The zero-order valence-corrected chi connectivity index (χ0v) is 8.66. The van der Waals surface area contributed by atoms with E-state index >= 15 is 0 Å². The Morgan fingerprint density at radius 1 is 1.31 bits per heavy atom. The monoisotopic (exact) mass is 240 g/mol. The zero-order valence-electron chi connectivity index (χ0n) is 7.07. The van der Waals surface area contributed by atoms with E-state index in [1.807, 2.05) is 12.1 Å². The molecule has 1 aromatic rings. The predicted octanol–water partition coefficient (Wildman–Crippen LogP) is 1.01. The SMILES string of the molecule is OB(O)c1ccc(Br)c(C2CC2)c1. The molecule has 0 heterocycles. The van der Waals surface area contributed by atoms with E-state index in [0.29, 0.717) is 11.4 Å². The van der Waals surface area contributed by atoms with Gasteiger partial charge in [0.1, 0.15) is 0 Å². The summed E-state index contributed by atoms with van der Waals surface area (Å²) < 4.78 is 1.07. The van der Waals surface area contributed by atoms with Crippen molar-refractivity contribution < 1.29 is 10.0 Å². The van der Waals surface area contributed by atoms with E-state index in [4.69, 9.17) is 10.0 Å². The van der Waals surface area contributed by atoms with Gasteiger partial charge in [-0.05, 0) is 35.9 Å². The van der Waals surface area contributed by atoms with Gasteiger partial charge in [-0.15, -0.1) is 0 Å². The Morgan fingerprint density at radius 2 is 2.00 bits per heavy atom. The number of hydrogen-bond donors (Lipinski definition) is 2. The van der Waals surface area contributed by atoms with E-state index in [9.17, 15) is 0 Å². The number of hydrogen-bond acceptors (Lipinski definition) is 2. The molecule has 13 heavy (non-hydrogen) atoms. The molecular formula is C9H10BBrO2. The van der Waals surface area contributed by atoms with E-state index in [1.54, 1.807) is 6.07 Å². The molecule has 2 N–H and O–H groups in total. The van der Waals surface area contributed by atoms with Gasteiger partial charge < -0.3 is 10.0 Å². The first kappa shape index (κ1) is 9.25. The minimum absolute atomic E-state index is 0.574. The molecule has 1 saturated carbocycles. The van der Waals surface area contributed by atoms with Gasteiger partial charge in [0.15, 0.2) is 0 Å². The lowest BCUT2D eigenvalue weighted by Crippen LogP contribution is -2.29. The summed E-state index contributed by atoms with van der Waals surface area (Å²) in [5, 5.41) is 18.0. The van der Waals surface area contributed by atoms with E-state index in [0.717, 1.165) is 4.47 Å². The highest BCUT2D eigenvalue weighted by Gasteiger charge is 2.26. The van der Waals surface area contributed by atoms with E-state index in [-0.39, 0.29) is 0 Å². The molecule has 1 aromatic carbocycles. The minimum atomic E-state index is -1.36. The molecule has 0 bridgehead atoms. The molecule has 2 rings (SSSR count). The summed E-state index contributed by atoms with van der Waals surface area (Å²) in [6.07, 6.45) is 2.42. The van der Waals surface area contributed by atoms with Gasteiger partial charge >= 0.3 is 7.12 Å². The summed E-state index contributed by atoms with van der Waals surface area (Å²) in [6, 6.07) is 5.47. The van der Waals surface area contributed by atoms with Crippen molar-refractivity contribution in [3.8, 4) is 0 Å². The van der Waals surface area contributed by atoms with E-state index < -0.39 is 7.12 Å². The van der Waals surface area contributed by atoms with Crippen molar-refractivity contribution in [3.63, 3.8) is 0 Å². The number of halogens is 1. The summed E-state index contributed by atoms with van der Waals surface area (Å²) in [5.74, 6) is 0.619. The summed E-state index contributed by atoms with van der Waals surface area (Å²) in [7, 11) is -1.36. The van der Waals surface area contributed by atoms with Gasteiger partial charge in [-0.25, -0.2) is 0 Å². The van der Waals surface area contributed by atoms with Crippen LogP contribution in [0.2, 0.25) is 0 Å². The van der Waals surface area contributed by atoms with Crippen LogP contribution in [0.3, 0.4) is 0 Å². The van der Waals surface area contributed by atoms with E-state index in [1.165, 1.54) is 18.4 Å². The van der Waals surface area contributed by atoms with Gasteiger partial charge in [-0.3, -0.25) is 0 Å². The Kier molecular flexibility index (Phi) is 2.45. The van der Waals surface area contributed by atoms with Gasteiger partial charge in [0.05, 0.1) is 0 Å². The standard InChI is InChI=1S/C9H10BBrO2/c11-9-4-3-7(10(12)13)5-8(9)6-1-2-6/h3-6,12-13H,1-2H2. The van der Waals surface area contributed by atoms with Crippen LogP contribution in [0.25, 0.3) is 0 Å². The Hall–Kier alpha value is -0.315. The van der Waals surface area contributed by atoms with Crippen LogP contribution >= 0.6 is 15.9 Å². The highest BCUT2D eigenvalue weighted by molar-refractivity contribution is 9.10. The predicted molar refractivity (Wildman–Crippen MR) is 55.9 cm³/mol. The van der Waals surface area contributed by atoms with Crippen molar-refractivity contribution in [1.82, 2.24) is 0 Å². The van der Waals surface area contributed by atoms with Crippen molar-refractivity contribution in [2.75, 3.05) is 0 Å². The van der Waals surface area contributed by atoms with Crippen LogP contribution in [0.5, 0.6) is 0 Å². The highest BCUT2D eigenvalue weighted by atomic mass is 79.9.